The fourth-order valence-corrected chi connectivity index (χ4v) is 5.36. The molecule has 4 atom stereocenters. The third kappa shape index (κ3) is 5.11. The van der Waals surface area contributed by atoms with E-state index in [1.165, 1.54) is 19.1 Å². The van der Waals surface area contributed by atoms with Gasteiger partial charge in [0.25, 0.3) is 0 Å². The maximum Gasteiger partial charge on any atom is 0.416 e. The molecule has 5 rings (SSSR count). The Kier molecular flexibility index (Phi) is 6.75. The number of carbonyl (C=O) groups excluding carboxylic acids is 1. The van der Waals surface area contributed by atoms with Crippen LogP contribution in [0.25, 0.3) is 0 Å². The van der Waals surface area contributed by atoms with E-state index < -0.39 is 17.8 Å². The highest BCUT2D eigenvalue weighted by Gasteiger charge is 2.43. The number of fused-ring (bicyclic) bond motifs is 3. The summed E-state index contributed by atoms with van der Waals surface area (Å²) >= 11 is 0. The van der Waals surface area contributed by atoms with Crippen LogP contribution in [0.4, 0.5) is 18.9 Å². The highest BCUT2D eigenvalue weighted by atomic mass is 19.4. The second-order valence-electron chi connectivity index (χ2n) is 9.52. The summed E-state index contributed by atoms with van der Waals surface area (Å²) < 4.78 is 49.2. The molecule has 6 nitrogen and oxygen atoms in total. The van der Waals surface area contributed by atoms with Gasteiger partial charge in [-0.3, -0.25) is 4.79 Å². The smallest absolute Gasteiger partial charge is 0.378 e. The SMILES string of the molecule is CC(=O)NCCc1cncn1C[C@H]1CC[C@@H]2[C@H](O1)c1cc(C(F)(F)F)ccc1N[C@H]2c1ccccc1. The molecule has 190 valence electrons. The number of ether oxygens (including phenoxy) is 1. The second kappa shape index (κ2) is 9.97. The summed E-state index contributed by atoms with van der Waals surface area (Å²) in [6.45, 7) is 2.54. The number of benzene rings is 2. The number of rotatable bonds is 6. The number of halogens is 3. The third-order valence-corrected chi connectivity index (χ3v) is 7.09. The zero-order chi connectivity index (χ0) is 25.3. The van der Waals surface area contributed by atoms with E-state index in [9.17, 15) is 18.0 Å². The standard InChI is InChI=1S/C27H29F3N4O2/c1-17(35)32-12-11-20-14-31-16-34(20)15-21-8-9-22-25(18-5-3-2-4-6-18)33-24-10-7-19(27(28,29)30)13-23(24)26(22)36-21/h2-7,10,13-14,16,21-22,25-26,33H,8-9,11-12,15H2,1H3,(H,32,35)/t21-,22+,25+,26+/m1/s1. The van der Waals surface area contributed by atoms with Gasteiger partial charge in [0.05, 0.1) is 36.7 Å². The number of imidazole rings is 1. The molecule has 0 aliphatic carbocycles. The molecule has 3 heterocycles. The highest BCUT2D eigenvalue weighted by Crippen LogP contribution is 2.51. The summed E-state index contributed by atoms with van der Waals surface area (Å²) in [4.78, 5) is 15.4. The van der Waals surface area contributed by atoms with E-state index in [4.69, 9.17) is 4.74 Å². The van der Waals surface area contributed by atoms with Gasteiger partial charge < -0.3 is 19.9 Å². The molecule has 1 aromatic heterocycles. The van der Waals surface area contributed by atoms with Crippen LogP contribution in [0.5, 0.6) is 0 Å². The number of aromatic nitrogens is 2. The largest absolute Gasteiger partial charge is 0.416 e. The van der Waals surface area contributed by atoms with Crippen LogP contribution in [0.3, 0.4) is 0 Å². The number of hydrogen-bond acceptors (Lipinski definition) is 4. The van der Waals surface area contributed by atoms with Gasteiger partial charge in [-0.25, -0.2) is 4.98 Å². The number of alkyl halides is 3. The molecule has 1 amide bonds. The van der Waals surface area contributed by atoms with Crippen LogP contribution in [0, 0.1) is 5.92 Å². The molecule has 2 aromatic carbocycles. The van der Waals surface area contributed by atoms with Crippen LogP contribution >= 0.6 is 0 Å². The quantitative estimate of drug-likeness (QED) is 0.485. The van der Waals surface area contributed by atoms with Crippen molar-refractivity contribution in [3.63, 3.8) is 0 Å². The highest BCUT2D eigenvalue weighted by molar-refractivity contribution is 5.72. The Bertz CT molecular complexity index is 1210. The molecule has 36 heavy (non-hydrogen) atoms. The summed E-state index contributed by atoms with van der Waals surface area (Å²) in [5.74, 6) is -0.0832. The van der Waals surface area contributed by atoms with Gasteiger partial charge in [-0.05, 0) is 36.6 Å². The van der Waals surface area contributed by atoms with Crippen molar-refractivity contribution in [3.05, 3.63) is 83.4 Å². The zero-order valence-electron chi connectivity index (χ0n) is 20.0. The van der Waals surface area contributed by atoms with E-state index in [1.807, 2.05) is 34.9 Å². The average molecular weight is 499 g/mol. The molecular formula is C27H29F3N4O2. The summed E-state index contributed by atoms with van der Waals surface area (Å²) in [7, 11) is 0. The van der Waals surface area contributed by atoms with E-state index in [0.29, 0.717) is 30.8 Å². The number of anilines is 1. The maximum atomic E-state index is 13.6. The van der Waals surface area contributed by atoms with Gasteiger partial charge in [0.15, 0.2) is 0 Å². The minimum atomic E-state index is -4.42. The van der Waals surface area contributed by atoms with Crippen LogP contribution in [-0.2, 0) is 28.7 Å². The van der Waals surface area contributed by atoms with E-state index in [-0.39, 0.29) is 24.0 Å². The van der Waals surface area contributed by atoms with Gasteiger partial charge in [0.2, 0.25) is 5.91 Å². The lowest BCUT2D eigenvalue weighted by Gasteiger charge is -2.46. The molecule has 0 bridgehead atoms. The predicted molar refractivity (Wildman–Crippen MR) is 129 cm³/mol. The van der Waals surface area contributed by atoms with Gasteiger partial charge >= 0.3 is 6.18 Å². The normalized spacial score (nSPS) is 23.3. The van der Waals surface area contributed by atoms with Crippen LogP contribution in [0.2, 0.25) is 0 Å². The van der Waals surface area contributed by atoms with Crippen LogP contribution in [-0.4, -0.2) is 28.1 Å². The first-order valence-corrected chi connectivity index (χ1v) is 12.2. The molecule has 2 aliphatic rings. The Balaban J connectivity index is 1.41. The van der Waals surface area contributed by atoms with Gasteiger partial charge in [0.1, 0.15) is 0 Å². The fourth-order valence-electron chi connectivity index (χ4n) is 5.36. The number of nitrogens with one attached hydrogen (secondary N) is 2. The average Bonchev–Trinajstić information content (AvgIpc) is 3.29. The lowest BCUT2D eigenvalue weighted by Crippen LogP contribution is -2.40. The lowest BCUT2D eigenvalue weighted by atomic mass is 9.76. The molecule has 2 aliphatic heterocycles. The van der Waals surface area contributed by atoms with Crippen molar-refractivity contribution in [1.29, 1.82) is 0 Å². The van der Waals surface area contributed by atoms with E-state index in [1.54, 1.807) is 12.5 Å². The molecule has 9 heteroatoms. The van der Waals surface area contributed by atoms with Crippen LogP contribution in [0.15, 0.2) is 61.1 Å². The van der Waals surface area contributed by atoms with Crippen molar-refractivity contribution in [3.8, 4) is 0 Å². The number of nitrogens with zero attached hydrogens (tertiary/aromatic N) is 2. The molecule has 3 aromatic rings. The lowest BCUT2D eigenvalue weighted by molar-refractivity contribution is -0.138. The van der Waals surface area contributed by atoms with Crippen molar-refractivity contribution < 1.29 is 22.7 Å². The Morgan fingerprint density at radius 2 is 2.00 bits per heavy atom. The molecule has 1 fully saturated rings. The molecule has 0 radical (unpaired) electrons. The van der Waals surface area contributed by atoms with Crippen LogP contribution < -0.4 is 10.6 Å². The minimum absolute atomic E-state index is 0.00154. The molecule has 0 spiro atoms. The first-order chi connectivity index (χ1) is 17.3. The minimum Gasteiger partial charge on any atom is -0.378 e. The fraction of sp³-hybridized carbons (Fsp3) is 0.407. The first kappa shape index (κ1) is 24.4. The van der Waals surface area contributed by atoms with Crippen molar-refractivity contribution >= 4 is 11.6 Å². The van der Waals surface area contributed by atoms with E-state index in [0.717, 1.165) is 30.2 Å². The van der Waals surface area contributed by atoms with Crippen molar-refractivity contribution in [2.75, 3.05) is 11.9 Å². The number of carbonyl (C=O) groups is 1. The van der Waals surface area contributed by atoms with Crippen molar-refractivity contribution in [1.82, 2.24) is 14.9 Å². The Morgan fingerprint density at radius 3 is 2.75 bits per heavy atom. The van der Waals surface area contributed by atoms with Crippen molar-refractivity contribution in [2.24, 2.45) is 5.92 Å². The number of hydrogen-bond donors (Lipinski definition) is 2. The van der Waals surface area contributed by atoms with Gasteiger partial charge in [-0.15, -0.1) is 0 Å². The summed E-state index contributed by atoms with van der Waals surface area (Å²) in [5.41, 5.74) is 2.64. The van der Waals surface area contributed by atoms with E-state index >= 15 is 0 Å². The Hall–Kier alpha value is -3.33. The molecular weight excluding hydrogens is 469 g/mol. The van der Waals surface area contributed by atoms with Gasteiger partial charge in [-0.1, -0.05) is 30.3 Å². The molecule has 0 saturated carbocycles. The van der Waals surface area contributed by atoms with Crippen LogP contribution in [0.1, 0.15) is 54.3 Å². The molecule has 1 saturated heterocycles. The second-order valence-corrected chi connectivity index (χ2v) is 9.52. The summed E-state index contributed by atoms with van der Waals surface area (Å²) in [5, 5.41) is 6.29. The number of amides is 1. The molecule has 0 unspecified atom stereocenters. The summed E-state index contributed by atoms with van der Waals surface area (Å²) in [6, 6.07) is 13.8. The Labute approximate surface area is 207 Å². The first-order valence-electron chi connectivity index (χ1n) is 12.2. The predicted octanol–water partition coefficient (Wildman–Crippen LogP) is 5.28. The maximum absolute atomic E-state index is 13.6. The van der Waals surface area contributed by atoms with Gasteiger partial charge in [-0.2, -0.15) is 13.2 Å². The van der Waals surface area contributed by atoms with E-state index in [2.05, 4.69) is 15.6 Å². The zero-order valence-corrected chi connectivity index (χ0v) is 20.0. The molecule has 2 N–H and O–H groups in total. The summed E-state index contributed by atoms with van der Waals surface area (Å²) in [6.07, 6.45) is 0.690. The monoisotopic (exact) mass is 498 g/mol. The van der Waals surface area contributed by atoms with Gasteiger partial charge in [0, 0.05) is 48.9 Å². The topological polar surface area (TPSA) is 68.2 Å². The Morgan fingerprint density at radius 1 is 1.19 bits per heavy atom. The third-order valence-electron chi connectivity index (χ3n) is 7.09. The van der Waals surface area contributed by atoms with Crippen molar-refractivity contribution in [2.45, 2.75) is 57.2 Å².